The van der Waals surface area contributed by atoms with Crippen molar-refractivity contribution in [2.24, 2.45) is 0 Å². The number of nitrogens with one attached hydrogen (secondary N) is 1. The summed E-state index contributed by atoms with van der Waals surface area (Å²) in [7, 11) is 1.33. The Morgan fingerprint density at radius 3 is 2.67 bits per heavy atom. The molecule has 1 N–H and O–H groups in total. The highest BCUT2D eigenvalue weighted by Gasteiger charge is 2.11. The summed E-state index contributed by atoms with van der Waals surface area (Å²) in [5, 5.41) is 3.58. The van der Waals surface area contributed by atoms with Crippen LogP contribution in [-0.2, 0) is 4.74 Å². The molecule has 0 heterocycles. The molecular weight excluding hydrogens is 214 g/mol. The molecule has 82 valence electrons. The highest BCUT2D eigenvalue weighted by atomic mass is 35.5. The fourth-order valence-corrected chi connectivity index (χ4v) is 1.41. The smallest absolute Gasteiger partial charge is 0.339 e. The van der Waals surface area contributed by atoms with E-state index in [0.29, 0.717) is 16.6 Å². The van der Waals surface area contributed by atoms with Crippen molar-refractivity contribution in [1.29, 1.82) is 0 Å². The van der Waals surface area contributed by atoms with Crippen LogP contribution >= 0.6 is 11.6 Å². The minimum Gasteiger partial charge on any atom is -0.465 e. The molecule has 0 aliphatic rings. The second-order valence-electron chi connectivity index (χ2n) is 3.49. The molecule has 0 fully saturated rings. The van der Waals surface area contributed by atoms with E-state index in [0.717, 1.165) is 5.69 Å². The van der Waals surface area contributed by atoms with Gasteiger partial charge >= 0.3 is 5.97 Å². The van der Waals surface area contributed by atoms with Gasteiger partial charge in [-0.1, -0.05) is 11.6 Å². The lowest BCUT2D eigenvalue weighted by molar-refractivity contribution is 0.0601. The highest BCUT2D eigenvalue weighted by molar-refractivity contribution is 6.33. The Hall–Kier alpha value is -1.22. The van der Waals surface area contributed by atoms with Gasteiger partial charge in [0.1, 0.15) is 0 Å². The monoisotopic (exact) mass is 227 g/mol. The van der Waals surface area contributed by atoms with Gasteiger partial charge in [-0.15, -0.1) is 0 Å². The molecule has 0 saturated heterocycles. The van der Waals surface area contributed by atoms with Crippen LogP contribution in [0.2, 0.25) is 5.02 Å². The van der Waals surface area contributed by atoms with Gasteiger partial charge in [0.05, 0.1) is 17.7 Å². The number of rotatable bonds is 3. The van der Waals surface area contributed by atoms with Gasteiger partial charge in [-0.25, -0.2) is 4.79 Å². The van der Waals surface area contributed by atoms with Crippen molar-refractivity contribution in [3.8, 4) is 0 Å². The van der Waals surface area contributed by atoms with E-state index in [4.69, 9.17) is 11.6 Å². The van der Waals surface area contributed by atoms with Crippen molar-refractivity contribution in [2.45, 2.75) is 19.9 Å². The third kappa shape index (κ3) is 3.13. The normalized spacial score (nSPS) is 10.2. The summed E-state index contributed by atoms with van der Waals surface area (Å²) in [4.78, 5) is 11.3. The molecule has 0 radical (unpaired) electrons. The zero-order chi connectivity index (χ0) is 11.4. The Balaban J connectivity index is 3.00. The minimum atomic E-state index is -0.424. The second-order valence-corrected chi connectivity index (χ2v) is 3.89. The highest BCUT2D eigenvalue weighted by Crippen LogP contribution is 2.21. The molecule has 0 spiro atoms. The molecular formula is C11H14ClNO2. The van der Waals surface area contributed by atoms with E-state index in [1.807, 2.05) is 19.9 Å². The van der Waals surface area contributed by atoms with Gasteiger partial charge in [0, 0.05) is 11.7 Å². The van der Waals surface area contributed by atoms with Crippen LogP contribution in [0.5, 0.6) is 0 Å². The fourth-order valence-electron chi connectivity index (χ4n) is 1.21. The van der Waals surface area contributed by atoms with Crippen LogP contribution in [0.25, 0.3) is 0 Å². The number of hydrogen-bond acceptors (Lipinski definition) is 3. The van der Waals surface area contributed by atoms with E-state index in [1.165, 1.54) is 7.11 Å². The number of benzene rings is 1. The quantitative estimate of drug-likeness (QED) is 0.807. The number of esters is 1. The molecule has 0 amide bonds. The first-order chi connectivity index (χ1) is 7.04. The van der Waals surface area contributed by atoms with Crippen molar-refractivity contribution in [2.75, 3.05) is 12.4 Å². The minimum absolute atomic E-state index is 0.302. The average molecular weight is 228 g/mol. The lowest BCUT2D eigenvalue weighted by Gasteiger charge is -2.11. The molecule has 1 aromatic carbocycles. The van der Waals surface area contributed by atoms with Crippen LogP contribution in [0.3, 0.4) is 0 Å². The molecule has 1 rings (SSSR count). The van der Waals surface area contributed by atoms with Crippen molar-refractivity contribution < 1.29 is 9.53 Å². The van der Waals surface area contributed by atoms with E-state index < -0.39 is 5.97 Å². The zero-order valence-corrected chi connectivity index (χ0v) is 9.76. The first-order valence-electron chi connectivity index (χ1n) is 4.69. The predicted octanol–water partition coefficient (Wildman–Crippen LogP) is 2.95. The molecule has 1 aromatic rings. The number of halogens is 1. The topological polar surface area (TPSA) is 38.3 Å². The maximum Gasteiger partial charge on any atom is 0.339 e. The lowest BCUT2D eigenvalue weighted by atomic mass is 10.2. The maximum atomic E-state index is 11.3. The molecule has 4 heteroatoms. The molecule has 15 heavy (non-hydrogen) atoms. The SMILES string of the molecule is COC(=O)c1cc(NC(C)C)ccc1Cl. The average Bonchev–Trinajstić information content (AvgIpc) is 2.19. The summed E-state index contributed by atoms with van der Waals surface area (Å²) in [5.74, 6) is -0.424. The van der Waals surface area contributed by atoms with Crippen molar-refractivity contribution >= 4 is 23.3 Å². The van der Waals surface area contributed by atoms with Gasteiger partial charge in [0.15, 0.2) is 0 Å². The zero-order valence-electron chi connectivity index (χ0n) is 9.00. The van der Waals surface area contributed by atoms with Gasteiger partial charge in [-0.2, -0.15) is 0 Å². The molecule has 0 saturated carbocycles. The first kappa shape index (κ1) is 11.9. The molecule has 0 unspecified atom stereocenters. The number of ether oxygens (including phenoxy) is 1. The van der Waals surface area contributed by atoms with Crippen molar-refractivity contribution in [3.63, 3.8) is 0 Å². The molecule has 3 nitrogen and oxygen atoms in total. The largest absolute Gasteiger partial charge is 0.465 e. The Bertz CT molecular complexity index is 364. The van der Waals surface area contributed by atoms with E-state index in [1.54, 1.807) is 12.1 Å². The summed E-state index contributed by atoms with van der Waals surface area (Å²) in [6.07, 6.45) is 0. The van der Waals surface area contributed by atoms with Crippen LogP contribution in [0.1, 0.15) is 24.2 Å². The number of anilines is 1. The molecule has 0 atom stereocenters. The predicted molar refractivity (Wildman–Crippen MR) is 61.6 cm³/mol. The van der Waals surface area contributed by atoms with Crippen LogP contribution in [0.15, 0.2) is 18.2 Å². The molecule has 0 aliphatic carbocycles. The van der Waals surface area contributed by atoms with Crippen molar-refractivity contribution in [3.05, 3.63) is 28.8 Å². The molecule has 0 bridgehead atoms. The Labute approximate surface area is 94.4 Å². The number of carbonyl (C=O) groups excluding carboxylic acids is 1. The van der Waals surface area contributed by atoms with E-state index in [9.17, 15) is 4.79 Å². The summed E-state index contributed by atoms with van der Waals surface area (Å²) in [5.41, 5.74) is 1.24. The molecule has 0 aliphatic heterocycles. The van der Waals surface area contributed by atoms with Gasteiger partial charge in [0.2, 0.25) is 0 Å². The molecule has 0 aromatic heterocycles. The fraction of sp³-hybridized carbons (Fsp3) is 0.364. The Morgan fingerprint density at radius 1 is 1.47 bits per heavy atom. The van der Waals surface area contributed by atoms with E-state index >= 15 is 0 Å². The second kappa shape index (κ2) is 5.03. The van der Waals surface area contributed by atoms with Crippen LogP contribution in [0.4, 0.5) is 5.69 Å². The lowest BCUT2D eigenvalue weighted by Crippen LogP contribution is -2.11. The van der Waals surface area contributed by atoms with E-state index in [2.05, 4.69) is 10.1 Å². The van der Waals surface area contributed by atoms with Crippen LogP contribution in [-0.4, -0.2) is 19.1 Å². The summed E-state index contributed by atoms with van der Waals surface area (Å²) in [6.45, 7) is 4.04. The summed E-state index contributed by atoms with van der Waals surface area (Å²) in [6, 6.07) is 5.50. The first-order valence-corrected chi connectivity index (χ1v) is 5.06. The van der Waals surface area contributed by atoms with Crippen molar-refractivity contribution in [1.82, 2.24) is 0 Å². The Morgan fingerprint density at radius 2 is 2.13 bits per heavy atom. The van der Waals surface area contributed by atoms with Crippen LogP contribution < -0.4 is 5.32 Å². The third-order valence-electron chi connectivity index (χ3n) is 1.83. The number of methoxy groups -OCH3 is 1. The maximum absolute atomic E-state index is 11.3. The van der Waals surface area contributed by atoms with E-state index in [-0.39, 0.29) is 0 Å². The van der Waals surface area contributed by atoms with Gasteiger partial charge < -0.3 is 10.1 Å². The van der Waals surface area contributed by atoms with Crippen LogP contribution in [0, 0.1) is 0 Å². The van der Waals surface area contributed by atoms with Gasteiger partial charge in [-0.05, 0) is 32.0 Å². The number of hydrogen-bond donors (Lipinski definition) is 1. The Kier molecular flexibility index (Phi) is 3.97. The third-order valence-corrected chi connectivity index (χ3v) is 2.16. The summed E-state index contributed by atoms with van der Waals surface area (Å²) >= 11 is 5.88. The standard InChI is InChI=1S/C11H14ClNO2/c1-7(2)13-8-4-5-10(12)9(6-8)11(14)15-3/h4-7,13H,1-3H3. The summed E-state index contributed by atoms with van der Waals surface area (Å²) < 4.78 is 4.63. The van der Waals surface area contributed by atoms with Gasteiger partial charge in [-0.3, -0.25) is 0 Å². The van der Waals surface area contributed by atoms with Gasteiger partial charge in [0.25, 0.3) is 0 Å². The number of carbonyl (C=O) groups is 1.